The van der Waals surface area contributed by atoms with Crippen LogP contribution in [0.25, 0.3) is 0 Å². The van der Waals surface area contributed by atoms with E-state index < -0.39 is 0 Å². The van der Waals surface area contributed by atoms with Crippen LogP contribution in [0, 0.1) is 0 Å². The van der Waals surface area contributed by atoms with Crippen LogP contribution in [0.2, 0.25) is 0 Å². The van der Waals surface area contributed by atoms with Crippen LogP contribution in [-0.2, 0) is 10.2 Å². The predicted molar refractivity (Wildman–Crippen MR) is 65.0 cm³/mol. The first kappa shape index (κ1) is 10.9. The lowest BCUT2D eigenvalue weighted by Gasteiger charge is -2.27. The van der Waals surface area contributed by atoms with Gasteiger partial charge in [-0.25, -0.2) is 0 Å². The molecule has 1 fully saturated rings. The van der Waals surface area contributed by atoms with Crippen molar-refractivity contribution < 1.29 is 4.79 Å². The number of benzene rings is 1. The summed E-state index contributed by atoms with van der Waals surface area (Å²) in [5, 5.41) is 0. The molecule has 0 bridgehead atoms. The summed E-state index contributed by atoms with van der Waals surface area (Å²) in [4.78, 5) is 11.4. The van der Waals surface area contributed by atoms with E-state index in [1.165, 1.54) is 5.56 Å². The maximum absolute atomic E-state index is 11.4. The van der Waals surface area contributed by atoms with E-state index in [-0.39, 0.29) is 5.41 Å². The van der Waals surface area contributed by atoms with Crippen molar-refractivity contribution in [3.8, 4) is 0 Å². The normalized spacial score (nSPS) is 25.9. The Hall–Kier alpha value is -0.630. The first-order chi connectivity index (χ1) is 7.16. The summed E-state index contributed by atoms with van der Waals surface area (Å²) in [6.45, 7) is 2.18. The molecule has 1 nitrogen and oxygen atoms in total. The third-order valence-corrected chi connectivity index (χ3v) is 4.08. The fourth-order valence-corrected chi connectivity index (χ4v) is 2.75. The zero-order valence-corrected chi connectivity index (χ0v) is 10.5. The lowest BCUT2D eigenvalue weighted by molar-refractivity contribution is -0.117. The fourth-order valence-electron chi connectivity index (χ4n) is 2.49. The van der Waals surface area contributed by atoms with Crippen LogP contribution in [0.5, 0.6) is 0 Å². The molecule has 0 amide bonds. The van der Waals surface area contributed by atoms with Gasteiger partial charge < -0.3 is 0 Å². The van der Waals surface area contributed by atoms with Gasteiger partial charge >= 0.3 is 0 Å². The van der Waals surface area contributed by atoms with Gasteiger partial charge in [0.15, 0.2) is 0 Å². The van der Waals surface area contributed by atoms with E-state index in [0.29, 0.717) is 5.78 Å². The molecule has 1 aliphatic rings. The van der Waals surface area contributed by atoms with Crippen LogP contribution in [-0.4, -0.2) is 5.78 Å². The Labute approximate surface area is 99.0 Å². The Morgan fingerprint density at radius 3 is 2.47 bits per heavy atom. The Kier molecular flexibility index (Phi) is 2.96. The Balaban J connectivity index is 2.34. The van der Waals surface area contributed by atoms with Gasteiger partial charge in [-0.05, 0) is 30.5 Å². The average molecular weight is 267 g/mol. The molecule has 1 aromatic rings. The highest BCUT2D eigenvalue weighted by atomic mass is 79.9. The highest BCUT2D eigenvalue weighted by Gasteiger charge is 2.37. The molecule has 1 saturated carbocycles. The molecule has 0 saturated heterocycles. The zero-order valence-electron chi connectivity index (χ0n) is 8.92. The van der Waals surface area contributed by atoms with E-state index in [1.54, 1.807) is 0 Å². The van der Waals surface area contributed by atoms with Gasteiger partial charge in [-0.2, -0.15) is 0 Å². The van der Waals surface area contributed by atoms with Crippen LogP contribution in [0.1, 0.15) is 38.2 Å². The number of carbonyl (C=O) groups is 1. The Morgan fingerprint density at radius 1 is 1.33 bits per heavy atom. The number of ketones is 1. The predicted octanol–water partition coefficient (Wildman–Crippen LogP) is 3.85. The molecule has 1 aliphatic carbocycles. The Morgan fingerprint density at radius 2 is 2.00 bits per heavy atom. The average Bonchev–Trinajstić information content (AvgIpc) is 2.62. The summed E-state index contributed by atoms with van der Waals surface area (Å²) in [6.07, 6.45) is 3.55. The number of Topliss-reactive ketones (excluding diaryl/α,β-unsaturated/α-hetero) is 1. The standard InChI is InChI=1S/C13H15BrO/c1-2-13(8-7-12(15)9-13)10-3-5-11(14)6-4-10/h3-6H,2,7-9H2,1H3. The van der Waals surface area contributed by atoms with Gasteiger partial charge in [0, 0.05) is 22.7 Å². The molecule has 80 valence electrons. The highest BCUT2D eigenvalue weighted by molar-refractivity contribution is 9.10. The van der Waals surface area contributed by atoms with E-state index >= 15 is 0 Å². The first-order valence-corrected chi connectivity index (χ1v) is 6.23. The SMILES string of the molecule is CCC1(c2ccc(Br)cc2)CCC(=O)C1. The zero-order chi connectivity index (χ0) is 10.9. The molecule has 1 unspecified atom stereocenters. The monoisotopic (exact) mass is 266 g/mol. The summed E-state index contributed by atoms with van der Waals surface area (Å²) in [7, 11) is 0. The highest BCUT2D eigenvalue weighted by Crippen LogP contribution is 2.42. The van der Waals surface area contributed by atoms with Crippen LogP contribution in [0.4, 0.5) is 0 Å². The maximum atomic E-state index is 11.4. The minimum atomic E-state index is 0.123. The van der Waals surface area contributed by atoms with E-state index in [2.05, 4.69) is 47.1 Å². The molecule has 1 atom stereocenters. The molecule has 1 aromatic carbocycles. The summed E-state index contributed by atoms with van der Waals surface area (Å²) >= 11 is 3.44. The van der Waals surface area contributed by atoms with Gasteiger partial charge in [0.25, 0.3) is 0 Å². The smallest absolute Gasteiger partial charge is 0.133 e. The summed E-state index contributed by atoms with van der Waals surface area (Å²) in [5.41, 5.74) is 1.44. The number of hydrogen-bond donors (Lipinski definition) is 0. The van der Waals surface area contributed by atoms with Crippen molar-refractivity contribution in [3.63, 3.8) is 0 Å². The topological polar surface area (TPSA) is 17.1 Å². The minimum absolute atomic E-state index is 0.123. The Bertz CT molecular complexity index is 369. The van der Waals surface area contributed by atoms with Gasteiger partial charge in [0.1, 0.15) is 5.78 Å². The number of halogens is 1. The van der Waals surface area contributed by atoms with Crippen molar-refractivity contribution in [1.29, 1.82) is 0 Å². The number of rotatable bonds is 2. The van der Waals surface area contributed by atoms with Crippen molar-refractivity contribution in [2.45, 2.75) is 38.0 Å². The van der Waals surface area contributed by atoms with E-state index in [9.17, 15) is 4.79 Å². The van der Waals surface area contributed by atoms with E-state index in [1.807, 2.05) is 0 Å². The fraction of sp³-hybridized carbons (Fsp3) is 0.462. The minimum Gasteiger partial charge on any atom is -0.300 e. The van der Waals surface area contributed by atoms with Gasteiger partial charge in [-0.3, -0.25) is 4.79 Å². The molecular formula is C13H15BrO. The van der Waals surface area contributed by atoms with Crippen molar-refractivity contribution in [1.82, 2.24) is 0 Å². The summed E-state index contributed by atoms with van der Waals surface area (Å²) in [6, 6.07) is 8.42. The molecule has 2 heteroatoms. The van der Waals surface area contributed by atoms with E-state index in [0.717, 1.165) is 30.2 Å². The van der Waals surface area contributed by atoms with Crippen molar-refractivity contribution in [2.24, 2.45) is 0 Å². The molecule has 2 rings (SSSR count). The van der Waals surface area contributed by atoms with Crippen molar-refractivity contribution in [2.75, 3.05) is 0 Å². The molecule has 0 radical (unpaired) electrons. The molecule has 15 heavy (non-hydrogen) atoms. The van der Waals surface area contributed by atoms with Crippen molar-refractivity contribution in [3.05, 3.63) is 34.3 Å². The van der Waals surface area contributed by atoms with Crippen LogP contribution in [0.15, 0.2) is 28.7 Å². The molecule has 0 spiro atoms. The second-order valence-corrected chi connectivity index (χ2v) is 5.27. The van der Waals surface area contributed by atoms with Gasteiger partial charge in [0.2, 0.25) is 0 Å². The second-order valence-electron chi connectivity index (χ2n) is 4.36. The van der Waals surface area contributed by atoms with Crippen LogP contribution in [0.3, 0.4) is 0 Å². The number of carbonyl (C=O) groups excluding carboxylic acids is 1. The third kappa shape index (κ3) is 2.00. The van der Waals surface area contributed by atoms with Crippen LogP contribution >= 0.6 is 15.9 Å². The maximum Gasteiger partial charge on any atom is 0.133 e. The molecule has 0 N–H and O–H groups in total. The molecular weight excluding hydrogens is 252 g/mol. The first-order valence-electron chi connectivity index (χ1n) is 5.44. The van der Waals surface area contributed by atoms with Gasteiger partial charge in [-0.1, -0.05) is 35.0 Å². The molecule has 0 aliphatic heterocycles. The van der Waals surface area contributed by atoms with Gasteiger partial charge in [-0.15, -0.1) is 0 Å². The molecule has 0 heterocycles. The quantitative estimate of drug-likeness (QED) is 0.795. The summed E-state index contributed by atoms with van der Waals surface area (Å²) < 4.78 is 1.10. The number of hydrogen-bond acceptors (Lipinski definition) is 1. The molecule has 0 aromatic heterocycles. The summed E-state index contributed by atoms with van der Waals surface area (Å²) in [5.74, 6) is 0.416. The van der Waals surface area contributed by atoms with Gasteiger partial charge in [0.05, 0.1) is 0 Å². The lowest BCUT2D eigenvalue weighted by Crippen LogP contribution is -2.21. The van der Waals surface area contributed by atoms with Crippen molar-refractivity contribution >= 4 is 21.7 Å². The largest absolute Gasteiger partial charge is 0.300 e. The van der Waals surface area contributed by atoms with Crippen LogP contribution < -0.4 is 0 Å². The third-order valence-electron chi connectivity index (χ3n) is 3.55. The lowest BCUT2D eigenvalue weighted by atomic mass is 9.77. The second kappa shape index (κ2) is 4.09. The van der Waals surface area contributed by atoms with E-state index in [4.69, 9.17) is 0 Å².